The molecule has 0 spiro atoms. The molecule has 28 heavy (non-hydrogen) atoms. The Morgan fingerprint density at radius 2 is 1.71 bits per heavy atom. The molecule has 0 unspecified atom stereocenters. The van der Waals surface area contributed by atoms with Crippen LogP contribution in [0.5, 0.6) is 0 Å². The molecule has 0 aliphatic carbocycles. The van der Waals surface area contributed by atoms with Gasteiger partial charge in [-0.1, -0.05) is 18.2 Å². The highest BCUT2D eigenvalue weighted by Crippen LogP contribution is 2.36. The van der Waals surface area contributed by atoms with Crippen molar-refractivity contribution in [1.82, 2.24) is 20.2 Å². The predicted octanol–water partition coefficient (Wildman–Crippen LogP) is 5.39. The van der Waals surface area contributed by atoms with Crippen LogP contribution >= 0.6 is 0 Å². The second kappa shape index (κ2) is 6.42. The summed E-state index contributed by atoms with van der Waals surface area (Å²) in [6.45, 7) is 2.00. The van der Waals surface area contributed by atoms with E-state index >= 15 is 0 Å². The van der Waals surface area contributed by atoms with Crippen molar-refractivity contribution in [3.05, 3.63) is 78.4 Å². The summed E-state index contributed by atoms with van der Waals surface area (Å²) in [6, 6.07) is 17.8. The first-order chi connectivity index (χ1) is 13.7. The molecule has 0 atom stereocenters. The third-order valence-electron chi connectivity index (χ3n) is 4.68. The van der Waals surface area contributed by atoms with Gasteiger partial charge in [-0.15, -0.1) is 10.2 Å². The number of hydrogen-bond acceptors (Lipinski definition) is 4. The van der Waals surface area contributed by atoms with Crippen LogP contribution in [0.2, 0.25) is 0 Å². The van der Waals surface area contributed by atoms with Crippen molar-refractivity contribution in [1.29, 1.82) is 0 Å². The van der Waals surface area contributed by atoms with Gasteiger partial charge in [-0.3, -0.25) is 0 Å². The Kier molecular flexibility index (Phi) is 3.76. The Balaban J connectivity index is 1.81. The van der Waals surface area contributed by atoms with Gasteiger partial charge in [0, 0.05) is 27.7 Å². The Morgan fingerprint density at radius 1 is 0.893 bits per heavy atom. The molecule has 2 aromatic carbocycles. The van der Waals surface area contributed by atoms with E-state index < -0.39 is 0 Å². The lowest BCUT2D eigenvalue weighted by Crippen LogP contribution is -2.00. The zero-order valence-corrected chi connectivity index (χ0v) is 15.0. The minimum Gasteiger partial charge on any atom is -0.461 e. The normalized spacial score (nSPS) is 11.2. The number of aromatic amines is 1. The summed E-state index contributed by atoms with van der Waals surface area (Å²) >= 11 is 0. The lowest BCUT2D eigenvalue weighted by Gasteiger charge is -2.09. The van der Waals surface area contributed by atoms with Crippen molar-refractivity contribution in [3.8, 4) is 34.1 Å². The standard InChI is InChI=1S/C22H15FN4O/c1-13-19(16-5-2-3-6-17(16)24-13)21-20(14-8-10-15(23)11-9-14)26-27-22(25-21)18-7-4-12-28-18/h2-12,24H,1H3. The largest absolute Gasteiger partial charge is 0.461 e. The van der Waals surface area contributed by atoms with Crippen molar-refractivity contribution in [2.45, 2.75) is 6.92 Å². The van der Waals surface area contributed by atoms with Gasteiger partial charge < -0.3 is 9.40 Å². The third-order valence-corrected chi connectivity index (χ3v) is 4.68. The molecule has 0 saturated heterocycles. The smallest absolute Gasteiger partial charge is 0.218 e. The maximum absolute atomic E-state index is 13.4. The lowest BCUT2D eigenvalue weighted by atomic mass is 10.0. The van der Waals surface area contributed by atoms with E-state index in [0.29, 0.717) is 23.0 Å². The molecule has 0 radical (unpaired) electrons. The fourth-order valence-corrected chi connectivity index (χ4v) is 3.39. The quantitative estimate of drug-likeness (QED) is 0.462. The van der Waals surface area contributed by atoms with Gasteiger partial charge in [0.25, 0.3) is 0 Å². The summed E-state index contributed by atoms with van der Waals surface area (Å²) in [7, 11) is 0. The maximum atomic E-state index is 13.4. The Bertz CT molecular complexity index is 1270. The average Bonchev–Trinajstić information content (AvgIpc) is 3.35. The number of aromatic nitrogens is 4. The average molecular weight is 370 g/mol. The van der Waals surface area contributed by atoms with Crippen LogP contribution in [0.1, 0.15) is 5.69 Å². The van der Waals surface area contributed by atoms with E-state index in [1.54, 1.807) is 30.5 Å². The SMILES string of the molecule is Cc1[nH]c2ccccc2c1-c1nc(-c2ccco2)nnc1-c1ccc(F)cc1. The molecule has 3 aromatic heterocycles. The molecule has 0 aliphatic rings. The topological polar surface area (TPSA) is 67.6 Å². The van der Waals surface area contributed by atoms with Gasteiger partial charge in [-0.05, 0) is 49.4 Å². The zero-order chi connectivity index (χ0) is 19.1. The molecule has 0 fully saturated rings. The van der Waals surface area contributed by atoms with Crippen molar-refractivity contribution < 1.29 is 8.81 Å². The number of benzene rings is 2. The molecule has 0 aliphatic heterocycles. The van der Waals surface area contributed by atoms with Crippen LogP contribution in [0.25, 0.3) is 45.0 Å². The zero-order valence-electron chi connectivity index (χ0n) is 15.0. The number of nitrogens with zero attached hydrogens (tertiary/aromatic N) is 3. The van der Waals surface area contributed by atoms with Crippen LogP contribution in [0, 0.1) is 12.7 Å². The van der Waals surface area contributed by atoms with E-state index in [0.717, 1.165) is 27.7 Å². The third kappa shape index (κ3) is 2.66. The van der Waals surface area contributed by atoms with Gasteiger partial charge in [0.2, 0.25) is 5.82 Å². The van der Waals surface area contributed by atoms with Crippen molar-refractivity contribution in [2.75, 3.05) is 0 Å². The number of H-pyrrole nitrogens is 1. The number of nitrogens with one attached hydrogen (secondary N) is 1. The molecule has 136 valence electrons. The second-order valence-electron chi connectivity index (χ2n) is 6.49. The predicted molar refractivity (Wildman–Crippen MR) is 105 cm³/mol. The molecule has 0 amide bonds. The number of hydrogen-bond donors (Lipinski definition) is 1. The van der Waals surface area contributed by atoms with E-state index in [4.69, 9.17) is 9.40 Å². The van der Waals surface area contributed by atoms with Gasteiger partial charge in [0.1, 0.15) is 17.2 Å². The molecular weight excluding hydrogens is 355 g/mol. The highest BCUT2D eigenvalue weighted by atomic mass is 19.1. The number of fused-ring (bicyclic) bond motifs is 1. The van der Waals surface area contributed by atoms with Gasteiger partial charge >= 0.3 is 0 Å². The van der Waals surface area contributed by atoms with Crippen molar-refractivity contribution in [3.63, 3.8) is 0 Å². The summed E-state index contributed by atoms with van der Waals surface area (Å²) in [5.41, 5.74) is 4.92. The van der Waals surface area contributed by atoms with E-state index in [9.17, 15) is 4.39 Å². The van der Waals surface area contributed by atoms with Gasteiger partial charge in [0.05, 0.1) is 6.26 Å². The molecular formula is C22H15FN4O. The van der Waals surface area contributed by atoms with Crippen LogP contribution in [-0.4, -0.2) is 20.2 Å². The number of furan rings is 1. The first-order valence-electron chi connectivity index (χ1n) is 8.83. The van der Waals surface area contributed by atoms with Crippen LogP contribution in [0.15, 0.2) is 71.3 Å². The van der Waals surface area contributed by atoms with E-state index in [1.165, 1.54) is 12.1 Å². The second-order valence-corrected chi connectivity index (χ2v) is 6.49. The van der Waals surface area contributed by atoms with E-state index in [2.05, 4.69) is 15.2 Å². The van der Waals surface area contributed by atoms with Gasteiger partial charge in [-0.25, -0.2) is 9.37 Å². The van der Waals surface area contributed by atoms with Crippen LogP contribution in [0.3, 0.4) is 0 Å². The summed E-state index contributed by atoms with van der Waals surface area (Å²) in [4.78, 5) is 8.18. The fraction of sp³-hybridized carbons (Fsp3) is 0.0455. The van der Waals surface area contributed by atoms with Crippen molar-refractivity contribution in [2.24, 2.45) is 0 Å². The molecule has 5 rings (SSSR count). The molecule has 5 aromatic rings. The summed E-state index contributed by atoms with van der Waals surface area (Å²) < 4.78 is 18.9. The molecule has 0 bridgehead atoms. The lowest BCUT2D eigenvalue weighted by molar-refractivity contribution is 0.576. The van der Waals surface area contributed by atoms with Gasteiger partial charge in [0.15, 0.2) is 5.76 Å². The Hall–Kier alpha value is -3.80. The molecule has 6 heteroatoms. The van der Waals surface area contributed by atoms with Gasteiger partial charge in [-0.2, -0.15) is 0 Å². The fourth-order valence-electron chi connectivity index (χ4n) is 3.39. The first-order valence-corrected chi connectivity index (χ1v) is 8.83. The highest BCUT2D eigenvalue weighted by Gasteiger charge is 2.20. The minimum absolute atomic E-state index is 0.304. The Labute approximate surface area is 159 Å². The molecule has 1 N–H and O–H groups in total. The molecule has 0 saturated carbocycles. The number of halogens is 1. The van der Waals surface area contributed by atoms with E-state index in [1.807, 2.05) is 31.2 Å². The summed E-state index contributed by atoms with van der Waals surface area (Å²) in [6.07, 6.45) is 1.57. The summed E-state index contributed by atoms with van der Waals surface area (Å²) in [5, 5.41) is 9.71. The maximum Gasteiger partial charge on any atom is 0.218 e. The summed E-state index contributed by atoms with van der Waals surface area (Å²) in [5.74, 6) is 0.633. The minimum atomic E-state index is -0.304. The molecule has 5 nitrogen and oxygen atoms in total. The van der Waals surface area contributed by atoms with Crippen molar-refractivity contribution >= 4 is 10.9 Å². The number of para-hydroxylation sites is 1. The van der Waals surface area contributed by atoms with Crippen LogP contribution in [0.4, 0.5) is 4.39 Å². The number of aryl methyl sites for hydroxylation is 1. The monoisotopic (exact) mass is 370 g/mol. The molecule has 3 heterocycles. The number of rotatable bonds is 3. The van der Waals surface area contributed by atoms with Crippen LogP contribution < -0.4 is 0 Å². The highest BCUT2D eigenvalue weighted by molar-refractivity contribution is 5.99. The van der Waals surface area contributed by atoms with Crippen LogP contribution in [-0.2, 0) is 0 Å². The first kappa shape index (κ1) is 16.4. The van der Waals surface area contributed by atoms with E-state index in [-0.39, 0.29) is 5.82 Å². The Morgan fingerprint density at radius 3 is 2.50 bits per heavy atom.